The van der Waals surface area contributed by atoms with Gasteiger partial charge in [-0.1, -0.05) is 12.1 Å². The summed E-state index contributed by atoms with van der Waals surface area (Å²) in [6.45, 7) is 0.843. The number of carbonyl (C=O) groups excluding carboxylic acids is 3. The molecule has 0 radical (unpaired) electrons. The highest BCUT2D eigenvalue weighted by Crippen LogP contribution is 2.25. The number of hydrogen-bond donors (Lipinski definition) is 2. The summed E-state index contributed by atoms with van der Waals surface area (Å²) in [5.74, 6) is 0.0556. The predicted molar refractivity (Wildman–Crippen MR) is 124 cm³/mol. The van der Waals surface area contributed by atoms with Gasteiger partial charge in [-0.25, -0.2) is 4.98 Å². The molecule has 2 aromatic carbocycles. The number of amides is 2. The summed E-state index contributed by atoms with van der Waals surface area (Å²) in [7, 11) is 4.73. The van der Waals surface area contributed by atoms with E-state index in [1.54, 1.807) is 42.1 Å². The Balaban J connectivity index is 1.46. The molecular formula is C24H27N5O4. The van der Waals surface area contributed by atoms with Crippen molar-refractivity contribution in [1.29, 1.82) is 0 Å². The lowest BCUT2D eigenvalue weighted by Gasteiger charge is -2.19. The first-order valence-electron chi connectivity index (χ1n) is 10.8. The van der Waals surface area contributed by atoms with Crippen LogP contribution in [0.4, 0.5) is 5.69 Å². The van der Waals surface area contributed by atoms with E-state index in [1.807, 2.05) is 24.3 Å². The molecule has 2 amide bonds. The molecule has 1 aliphatic heterocycles. The van der Waals surface area contributed by atoms with E-state index in [4.69, 9.17) is 4.74 Å². The van der Waals surface area contributed by atoms with Gasteiger partial charge in [-0.2, -0.15) is 0 Å². The van der Waals surface area contributed by atoms with Crippen LogP contribution < -0.4 is 5.32 Å². The number of fused-ring (bicyclic) bond motifs is 2. The van der Waals surface area contributed by atoms with Crippen molar-refractivity contribution < 1.29 is 19.1 Å². The lowest BCUT2D eigenvalue weighted by Crippen LogP contribution is -2.39. The van der Waals surface area contributed by atoms with E-state index in [0.29, 0.717) is 25.1 Å². The van der Waals surface area contributed by atoms with E-state index in [0.717, 1.165) is 28.1 Å². The van der Waals surface area contributed by atoms with Gasteiger partial charge in [0.1, 0.15) is 11.9 Å². The van der Waals surface area contributed by atoms with Crippen molar-refractivity contribution in [2.24, 2.45) is 0 Å². The lowest BCUT2D eigenvalue weighted by atomic mass is 10.1. The van der Waals surface area contributed by atoms with Gasteiger partial charge in [-0.15, -0.1) is 0 Å². The molecule has 0 spiro atoms. The second-order valence-electron chi connectivity index (χ2n) is 8.22. The number of carbonyl (C=O) groups is 3. The van der Waals surface area contributed by atoms with Crippen molar-refractivity contribution in [2.45, 2.75) is 25.4 Å². The molecule has 2 N–H and O–H groups in total. The van der Waals surface area contributed by atoms with E-state index < -0.39 is 12.0 Å². The summed E-state index contributed by atoms with van der Waals surface area (Å²) >= 11 is 0. The number of para-hydroxylation sites is 2. The van der Waals surface area contributed by atoms with Gasteiger partial charge in [0.15, 0.2) is 0 Å². The zero-order chi connectivity index (χ0) is 23.5. The molecule has 3 aromatic rings. The first-order valence-corrected chi connectivity index (χ1v) is 10.8. The van der Waals surface area contributed by atoms with E-state index in [1.165, 1.54) is 7.11 Å². The smallest absolute Gasteiger partial charge is 0.308 e. The summed E-state index contributed by atoms with van der Waals surface area (Å²) in [4.78, 5) is 48.4. The fourth-order valence-corrected chi connectivity index (χ4v) is 3.96. The van der Waals surface area contributed by atoms with E-state index in [2.05, 4.69) is 15.3 Å². The Morgan fingerprint density at radius 2 is 2.03 bits per heavy atom. The van der Waals surface area contributed by atoms with Crippen molar-refractivity contribution in [3.05, 3.63) is 59.4 Å². The molecule has 33 heavy (non-hydrogen) atoms. The maximum atomic E-state index is 13.0. The number of hydrogen-bond acceptors (Lipinski definition) is 6. The molecule has 0 saturated heterocycles. The third kappa shape index (κ3) is 4.82. The number of aromatic nitrogens is 2. The SMILES string of the molecule is COC(=O)C[C@@H]1Nc2ccc(C(=O)N(C)CCc3nc4ccccc4[nH]3)cc2CN(C)C1=O. The monoisotopic (exact) mass is 449 g/mol. The number of aromatic amines is 1. The average Bonchev–Trinajstić information content (AvgIpc) is 3.20. The van der Waals surface area contributed by atoms with Gasteiger partial charge in [0, 0.05) is 44.9 Å². The Labute approximate surface area is 191 Å². The van der Waals surface area contributed by atoms with Gasteiger partial charge in [-0.3, -0.25) is 14.4 Å². The average molecular weight is 450 g/mol. The van der Waals surface area contributed by atoms with Gasteiger partial charge in [-0.05, 0) is 35.9 Å². The minimum absolute atomic E-state index is 0.0652. The first-order chi connectivity index (χ1) is 15.9. The topological polar surface area (TPSA) is 108 Å². The van der Waals surface area contributed by atoms with Crippen LogP contribution in [0, 0.1) is 0 Å². The van der Waals surface area contributed by atoms with Gasteiger partial charge < -0.3 is 24.8 Å². The highest BCUT2D eigenvalue weighted by atomic mass is 16.5. The van der Waals surface area contributed by atoms with Crippen LogP contribution in [0.25, 0.3) is 11.0 Å². The second kappa shape index (κ2) is 9.32. The normalized spacial score (nSPS) is 15.5. The highest BCUT2D eigenvalue weighted by molar-refractivity contribution is 5.95. The van der Waals surface area contributed by atoms with Gasteiger partial charge in [0.2, 0.25) is 5.91 Å². The number of benzene rings is 2. The van der Waals surface area contributed by atoms with Gasteiger partial charge in [0.05, 0.1) is 24.6 Å². The molecule has 172 valence electrons. The standard InChI is InChI=1S/C24H27N5O4/c1-28(11-10-21-26-18-6-4-5-7-19(18)27-21)23(31)15-8-9-17-16(12-15)14-29(2)24(32)20(25-17)13-22(30)33-3/h4-9,12,20,25H,10-11,13-14H2,1-3H3,(H,26,27)/t20-/m0/s1. The molecule has 0 saturated carbocycles. The molecule has 2 heterocycles. The molecule has 9 heteroatoms. The minimum atomic E-state index is -0.711. The van der Waals surface area contributed by atoms with E-state index in [9.17, 15) is 14.4 Å². The molecule has 0 fully saturated rings. The molecule has 0 aliphatic carbocycles. The lowest BCUT2D eigenvalue weighted by molar-refractivity contribution is -0.143. The first kappa shape index (κ1) is 22.3. The van der Waals surface area contributed by atoms with Crippen LogP contribution in [0.5, 0.6) is 0 Å². The zero-order valence-electron chi connectivity index (χ0n) is 18.9. The van der Waals surface area contributed by atoms with Gasteiger partial charge in [0.25, 0.3) is 5.91 Å². The van der Waals surface area contributed by atoms with Crippen LogP contribution in [0.15, 0.2) is 42.5 Å². The third-order valence-electron chi connectivity index (χ3n) is 5.83. The number of imidazole rings is 1. The van der Waals surface area contributed by atoms with E-state index in [-0.39, 0.29) is 18.2 Å². The van der Waals surface area contributed by atoms with Crippen molar-refractivity contribution in [2.75, 3.05) is 33.1 Å². The van der Waals surface area contributed by atoms with Crippen LogP contribution in [0.3, 0.4) is 0 Å². The number of nitrogens with zero attached hydrogens (tertiary/aromatic N) is 3. The minimum Gasteiger partial charge on any atom is -0.469 e. The number of anilines is 1. The number of methoxy groups -OCH3 is 1. The van der Waals surface area contributed by atoms with Crippen LogP contribution in [-0.2, 0) is 27.3 Å². The fraction of sp³-hybridized carbons (Fsp3) is 0.333. The number of rotatable bonds is 6. The number of likely N-dealkylation sites (N-methyl/N-ethyl adjacent to an activating group) is 2. The molecule has 1 atom stereocenters. The summed E-state index contributed by atoms with van der Waals surface area (Å²) in [5.41, 5.74) is 3.96. The molecule has 1 aromatic heterocycles. The second-order valence-corrected chi connectivity index (χ2v) is 8.22. The predicted octanol–water partition coefficient (Wildman–Crippen LogP) is 2.19. The summed E-state index contributed by atoms with van der Waals surface area (Å²) in [5, 5.41) is 3.13. The maximum absolute atomic E-state index is 13.0. The number of esters is 1. The molecule has 0 bridgehead atoms. The van der Waals surface area contributed by atoms with Gasteiger partial charge >= 0.3 is 5.97 Å². The van der Waals surface area contributed by atoms with Crippen LogP contribution in [0.2, 0.25) is 0 Å². The Hall–Kier alpha value is -3.88. The van der Waals surface area contributed by atoms with Crippen molar-refractivity contribution in [3.63, 3.8) is 0 Å². The van der Waals surface area contributed by atoms with Crippen LogP contribution in [0.1, 0.15) is 28.2 Å². The van der Waals surface area contributed by atoms with Crippen LogP contribution in [-0.4, -0.2) is 71.3 Å². The molecule has 9 nitrogen and oxygen atoms in total. The van der Waals surface area contributed by atoms with Crippen molar-refractivity contribution >= 4 is 34.5 Å². The number of nitrogens with one attached hydrogen (secondary N) is 2. The third-order valence-corrected chi connectivity index (χ3v) is 5.83. The van der Waals surface area contributed by atoms with Crippen molar-refractivity contribution in [3.8, 4) is 0 Å². The molecular weight excluding hydrogens is 422 g/mol. The summed E-state index contributed by atoms with van der Waals surface area (Å²) in [6, 6.07) is 12.4. The summed E-state index contributed by atoms with van der Waals surface area (Å²) < 4.78 is 4.71. The van der Waals surface area contributed by atoms with E-state index >= 15 is 0 Å². The summed E-state index contributed by atoms with van der Waals surface area (Å²) in [6.07, 6.45) is 0.542. The quantitative estimate of drug-likeness (QED) is 0.559. The highest BCUT2D eigenvalue weighted by Gasteiger charge is 2.29. The van der Waals surface area contributed by atoms with Crippen molar-refractivity contribution in [1.82, 2.24) is 19.8 Å². The molecule has 4 rings (SSSR count). The number of H-pyrrole nitrogens is 1. The fourth-order valence-electron chi connectivity index (χ4n) is 3.96. The zero-order valence-corrected chi connectivity index (χ0v) is 18.9. The Kier molecular flexibility index (Phi) is 6.30. The Morgan fingerprint density at radius 3 is 2.79 bits per heavy atom. The maximum Gasteiger partial charge on any atom is 0.308 e. The number of ether oxygens (including phenoxy) is 1. The van der Waals surface area contributed by atoms with Crippen LogP contribution >= 0.6 is 0 Å². The molecule has 1 aliphatic rings. The Morgan fingerprint density at radius 1 is 1.24 bits per heavy atom. The largest absolute Gasteiger partial charge is 0.469 e. The molecule has 0 unspecified atom stereocenters. The Bertz CT molecular complexity index is 1170.